The average Bonchev–Trinajstić information content (AvgIpc) is 2.96. The van der Waals surface area contributed by atoms with Crippen LogP contribution in [0, 0.1) is 0 Å². The molecule has 1 heterocycles. The van der Waals surface area contributed by atoms with Gasteiger partial charge in [-0.2, -0.15) is 79.0 Å². The second-order valence-corrected chi connectivity index (χ2v) is 7.38. The highest BCUT2D eigenvalue weighted by Gasteiger charge is 2.85. The van der Waals surface area contributed by atoms with Gasteiger partial charge in [-0.25, -0.2) is 0 Å². The molecule has 1 aliphatic rings. The lowest BCUT2D eigenvalue weighted by Gasteiger charge is -2.35. The summed E-state index contributed by atoms with van der Waals surface area (Å²) in [5.41, 5.74) is 0. The number of halogens is 18. The zero-order chi connectivity index (χ0) is 29.8. The van der Waals surface area contributed by atoms with Crippen molar-refractivity contribution in [3.05, 3.63) is 0 Å². The van der Waals surface area contributed by atoms with Crippen LogP contribution in [-0.4, -0.2) is 95.7 Å². The van der Waals surface area contributed by atoms with E-state index in [2.05, 4.69) is 0 Å². The molecule has 0 bridgehead atoms. The molecule has 0 radical (unpaired) electrons. The first-order chi connectivity index (χ1) is 16.0. The fourth-order valence-electron chi connectivity index (χ4n) is 2.74. The van der Waals surface area contributed by atoms with Gasteiger partial charge in [0.05, 0.1) is 0 Å². The number of nitrogens with zero attached hydrogens (tertiary/aromatic N) is 2. The van der Waals surface area contributed by atoms with E-state index in [-0.39, 0.29) is 0 Å². The first kappa shape index (κ1) is 32.7. The summed E-state index contributed by atoms with van der Waals surface area (Å²) in [6, 6.07) is 0. The SMILES string of the molecule is O=C(N1CCCN(C(=O)C(F)(F)C(F)(F)C(F)(F)C(F)(F)F)CC1)C(F)(F)C(F)(F)C(F)(F)C(F)(F)F. The molecule has 2 amide bonds. The van der Waals surface area contributed by atoms with Gasteiger partial charge in [0.1, 0.15) is 0 Å². The molecule has 218 valence electrons. The molecule has 37 heavy (non-hydrogen) atoms. The Morgan fingerprint density at radius 1 is 0.405 bits per heavy atom. The van der Waals surface area contributed by atoms with E-state index in [4.69, 9.17) is 0 Å². The van der Waals surface area contributed by atoms with Gasteiger partial charge in [0.25, 0.3) is 11.8 Å². The number of carbonyl (C=O) groups excluding carboxylic acids is 2. The molecule has 0 spiro atoms. The molecule has 1 saturated heterocycles. The first-order valence-electron chi connectivity index (χ1n) is 9.02. The van der Waals surface area contributed by atoms with Crippen molar-refractivity contribution in [1.82, 2.24) is 9.80 Å². The van der Waals surface area contributed by atoms with Crippen molar-refractivity contribution in [3.8, 4) is 0 Å². The molecule has 0 N–H and O–H groups in total. The highest BCUT2D eigenvalue weighted by molar-refractivity contribution is 5.86. The smallest absolute Gasteiger partial charge is 0.335 e. The minimum Gasteiger partial charge on any atom is -0.335 e. The van der Waals surface area contributed by atoms with Gasteiger partial charge in [0.2, 0.25) is 0 Å². The van der Waals surface area contributed by atoms with Crippen molar-refractivity contribution in [2.45, 2.75) is 54.3 Å². The maximum absolute atomic E-state index is 13.8. The zero-order valence-electron chi connectivity index (χ0n) is 17.0. The van der Waals surface area contributed by atoms with Crippen LogP contribution in [0.4, 0.5) is 79.0 Å². The Morgan fingerprint density at radius 2 is 0.649 bits per heavy atom. The first-order valence-corrected chi connectivity index (χ1v) is 9.02. The van der Waals surface area contributed by atoms with E-state index in [1.165, 1.54) is 0 Å². The van der Waals surface area contributed by atoms with Crippen molar-refractivity contribution in [2.24, 2.45) is 0 Å². The molecule has 0 aliphatic carbocycles. The highest BCUT2D eigenvalue weighted by Crippen LogP contribution is 2.55. The Kier molecular flexibility index (Phi) is 8.09. The summed E-state index contributed by atoms with van der Waals surface area (Å²) < 4.78 is 233. The van der Waals surface area contributed by atoms with Crippen LogP contribution in [0.3, 0.4) is 0 Å². The molecule has 4 nitrogen and oxygen atoms in total. The molecule has 1 rings (SSSR count). The summed E-state index contributed by atoms with van der Waals surface area (Å²) >= 11 is 0. The monoisotopic (exact) mass is 592 g/mol. The Bertz CT molecular complexity index is 807. The molecule has 1 aliphatic heterocycles. The Labute approximate surface area is 192 Å². The topological polar surface area (TPSA) is 40.6 Å². The van der Waals surface area contributed by atoms with E-state index in [0.29, 0.717) is 0 Å². The normalized spacial score (nSPS) is 18.1. The van der Waals surface area contributed by atoms with Crippen LogP contribution in [0.5, 0.6) is 0 Å². The summed E-state index contributed by atoms with van der Waals surface area (Å²) in [6.07, 6.45) is -15.8. The Morgan fingerprint density at radius 3 is 0.865 bits per heavy atom. The van der Waals surface area contributed by atoms with Crippen LogP contribution in [0.15, 0.2) is 0 Å². The number of rotatable bonds is 6. The molecular formula is C15H10F18N2O2. The molecule has 0 saturated carbocycles. The van der Waals surface area contributed by atoms with E-state index in [0.717, 1.165) is 0 Å². The number of hydrogen-bond acceptors (Lipinski definition) is 2. The molecule has 0 aromatic heterocycles. The van der Waals surface area contributed by atoms with Crippen LogP contribution < -0.4 is 0 Å². The standard InChI is InChI=1S/C15H10F18N2O2/c16-8(17,10(20,21)12(24,25)14(28,29)30)6(36)34-2-1-3-35(5-4-34)7(37)9(18,19)11(22,23)13(26,27)15(31,32)33/h1-5H2. The lowest BCUT2D eigenvalue weighted by molar-refractivity contribution is -0.389. The van der Waals surface area contributed by atoms with Crippen LogP contribution >= 0.6 is 0 Å². The predicted molar refractivity (Wildman–Crippen MR) is 79.6 cm³/mol. The van der Waals surface area contributed by atoms with E-state index in [9.17, 15) is 88.6 Å². The van der Waals surface area contributed by atoms with Crippen molar-refractivity contribution >= 4 is 11.8 Å². The molecular weight excluding hydrogens is 582 g/mol. The number of alkyl halides is 18. The minimum absolute atomic E-state index is 0.658. The van der Waals surface area contributed by atoms with Gasteiger partial charge in [-0.1, -0.05) is 0 Å². The molecule has 0 aromatic rings. The van der Waals surface area contributed by atoms with Crippen LogP contribution in [0.2, 0.25) is 0 Å². The minimum atomic E-state index is -7.50. The summed E-state index contributed by atoms with van der Waals surface area (Å²) in [4.78, 5) is 22.0. The van der Waals surface area contributed by atoms with Crippen molar-refractivity contribution in [1.29, 1.82) is 0 Å². The molecule has 0 atom stereocenters. The van der Waals surface area contributed by atoms with Crippen LogP contribution in [0.1, 0.15) is 6.42 Å². The molecule has 1 fully saturated rings. The maximum atomic E-state index is 13.8. The van der Waals surface area contributed by atoms with Crippen LogP contribution in [0.25, 0.3) is 0 Å². The Balaban J connectivity index is 3.20. The van der Waals surface area contributed by atoms with Gasteiger partial charge < -0.3 is 9.80 Å². The summed E-state index contributed by atoms with van der Waals surface area (Å²) in [7, 11) is 0. The summed E-state index contributed by atoms with van der Waals surface area (Å²) in [5, 5.41) is 0. The third-order valence-electron chi connectivity index (χ3n) is 4.90. The van der Waals surface area contributed by atoms with Gasteiger partial charge in [0, 0.05) is 26.2 Å². The second kappa shape index (κ2) is 9.16. The molecule has 0 unspecified atom stereocenters. The molecule has 22 heteroatoms. The lowest BCUT2D eigenvalue weighted by Crippen LogP contribution is -2.66. The fraction of sp³-hybridized carbons (Fsp3) is 0.867. The molecule has 0 aromatic carbocycles. The number of amides is 2. The number of hydrogen-bond donors (Lipinski definition) is 0. The quantitative estimate of drug-likeness (QED) is 0.409. The predicted octanol–water partition coefficient (Wildman–Crippen LogP) is 4.98. The maximum Gasteiger partial charge on any atom is 0.460 e. The van der Waals surface area contributed by atoms with E-state index in [1.807, 2.05) is 0 Å². The highest BCUT2D eigenvalue weighted by atomic mass is 19.4. The Hall–Kier alpha value is -2.32. The van der Waals surface area contributed by atoms with Crippen molar-refractivity contribution in [2.75, 3.05) is 26.2 Å². The van der Waals surface area contributed by atoms with Crippen LogP contribution in [-0.2, 0) is 9.59 Å². The van der Waals surface area contributed by atoms with Gasteiger partial charge in [-0.05, 0) is 6.42 Å². The van der Waals surface area contributed by atoms with Gasteiger partial charge in [-0.15, -0.1) is 0 Å². The zero-order valence-corrected chi connectivity index (χ0v) is 17.0. The van der Waals surface area contributed by atoms with Crippen molar-refractivity contribution in [3.63, 3.8) is 0 Å². The fourth-order valence-corrected chi connectivity index (χ4v) is 2.74. The van der Waals surface area contributed by atoms with E-state index in [1.54, 1.807) is 0 Å². The van der Waals surface area contributed by atoms with Gasteiger partial charge in [0.15, 0.2) is 0 Å². The van der Waals surface area contributed by atoms with E-state index < -0.39 is 102 Å². The van der Waals surface area contributed by atoms with Gasteiger partial charge in [-0.3, -0.25) is 9.59 Å². The summed E-state index contributed by atoms with van der Waals surface area (Å²) in [5.74, 6) is -50.5. The lowest BCUT2D eigenvalue weighted by atomic mass is 10.0. The third-order valence-corrected chi connectivity index (χ3v) is 4.90. The van der Waals surface area contributed by atoms with Gasteiger partial charge >= 0.3 is 47.9 Å². The second-order valence-electron chi connectivity index (χ2n) is 7.38. The third kappa shape index (κ3) is 4.94. The van der Waals surface area contributed by atoms with E-state index >= 15 is 0 Å². The van der Waals surface area contributed by atoms with Crippen molar-refractivity contribution < 1.29 is 88.6 Å². The number of carbonyl (C=O) groups is 2. The largest absolute Gasteiger partial charge is 0.460 e. The average molecular weight is 592 g/mol. The summed E-state index contributed by atoms with van der Waals surface area (Å²) in [6.45, 7) is -6.25.